The second-order valence-electron chi connectivity index (χ2n) is 4.83. The number of methoxy groups -OCH3 is 1. The molecule has 0 aliphatic carbocycles. The number of alkyl halides is 1. The van der Waals surface area contributed by atoms with Crippen LogP contribution in [0.25, 0.3) is 0 Å². The number of benzene rings is 1. The van der Waals surface area contributed by atoms with Gasteiger partial charge in [-0.1, -0.05) is 54.1 Å². The van der Waals surface area contributed by atoms with Crippen LogP contribution in [0.4, 0.5) is 5.69 Å². The Morgan fingerprint density at radius 2 is 2.04 bits per heavy atom. The highest BCUT2D eigenvalue weighted by molar-refractivity contribution is 14.1. The Hall–Kier alpha value is -1.39. The zero-order chi connectivity index (χ0) is 21.4. The van der Waals surface area contributed by atoms with Gasteiger partial charge in [0.15, 0.2) is 5.02 Å². The lowest BCUT2D eigenvalue weighted by Crippen LogP contribution is -2.19. The molecule has 1 unspecified atom stereocenters. The second kappa shape index (κ2) is 16.8. The Morgan fingerprint density at radius 3 is 2.52 bits per heavy atom. The number of hydrogen-bond acceptors (Lipinski definition) is 6. The van der Waals surface area contributed by atoms with Crippen LogP contribution < -0.4 is 10.5 Å². The molecule has 0 spiro atoms. The molecule has 9 heteroatoms. The molecule has 0 radical (unpaired) electrons. The molecule has 1 rings (SSSR count). The quantitative estimate of drug-likeness (QED) is 0.0926. The molecule has 0 aliphatic heterocycles. The number of nitrogens with two attached hydrogens (primary N) is 1. The van der Waals surface area contributed by atoms with Crippen molar-refractivity contribution in [2.75, 3.05) is 18.6 Å². The fourth-order valence-electron chi connectivity index (χ4n) is 1.92. The Kier molecular flexibility index (Phi) is 17.3. The van der Waals surface area contributed by atoms with Gasteiger partial charge in [-0.05, 0) is 30.3 Å². The topological polar surface area (TPSA) is 105 Å². The van der Waals surface area contributed by atoms with Crippen molar-refractivity contribution >= 4 is 45.8 Å². The maximum atomic E-state index is 11.6. The van der Waals surface area contributed by atoms with Gasteiger partial charge in [-0.3, -0.25) is 10.1 Å². The number of carbonyl (C=O) groups is 1. The normalized spacial score (nSPS) is 10.3. The molecule has 0 aliphatic rings. The molecule has 1 atom stereocenters. The first-order valence-corrected chi connectivity index (χ1v) is 10.9. The summed E-state index contributed by atoms with van der Waals surface area (Å²) in [4.78, 5) is 23.9. The number of hydrogen-bond donors (Lipinski definition) is 1. The van der Waals surface area contributed by atoms with Gasteiger partial charge in [0.25, 0.3) is 5.69 Å². The van der Waals surface area contributed by atoms with E-state index < -0.39 is 16.6 Å². The Labute approximate surface area is 179 Å². The molecular formula is C18H28ClIN2O5. The number of nitro groups is 1. The van der Waals surface area contributed by atoms with Gasteiger partial charge in [0.2, 0.25) is 0 Å². The highest BCUT2D eigenvalue weighted by Gasteiger charge is 2.22. The summed E-state index contributed by atoms with van der Waals surface area (Å²) in [7, 11) is 1.18. The second-order valence-corrected chi connectivity index (χ2v) is 5.21. The van der Waals surface area contributed by atoms with E-state index in [1.54, 1.807) is 6.08 Å². The third kappa shape index (κ3) is 10.5. The molecule has 27 heavy (non-hydrogen) atoms. The molecule has 0 amide bonds. The fourth-order valence-corrected chi connectivity index (χ4v) is 2.15. The van der Waals surface area contributed by atoms with E-state index in [0.717, 1.165) is 6.07 Å². The van der Waals surface area contributed by atoms with Crippen molar-refractivity contribution in [3.8, 4) is 5.75 Å². The molecule has 0 fully saturated rings. The molecule has 0 saturated heterocycles. The van der Waals surface area contributed by atoms with Crippen molar-refractivity contribution in [1.29, 1.82) is 0 Å². The first-order valence-electron chi connectivity index (χ1n) is 8.34. The predicted octanol–water partition coefficient (Wildman–Crippen LogP) is 5.17. The summed E-state index contributed by atoms with van der Waals surface area (Å²) in [5.41, 5.74) is 5.43. The molecule has 154 valence electrons. The van der Waals surface area contributed by atoms with E-state index in [1.165, 1.54) is 13.2 Å². The SMILES string of the molecule is C=CCC(N)CCCOc1cc(C(=O)OC)cc([N+](=O)[O-])c1Cl.CC.CI. The van der Waals surface area contributed by atoms with Crippen LogP contribution in [0, 0.1) is 10.1 Å². The number of halogens is 2. The minimum atomic E-state index is -0.706. The van der Waals surface area contributed by atoms with Gasteiger partial charge in [-0.25, -0.2) is 4.79 Å². The monoisotopic (exact) mass is 514 g/mol. The number of rotatable bonds is 9. The van der Waals surface area contributed by atoms with Crippen molar-refractivity contribution in [2.45, 2.75) is 39.2 Å². The van der Waals surface area contributed by atoms with Crippen molar-refractivity contribution in [3.05, 3.63) is 45.5 Å². The van der Waals surface area contributed by atoms with Gasteiger partial charge in [0.05, 0.1) is 24.2 Å². The molecular weight excluding hydrogens is 487 g/mol. The summed E-state index contributed by atoms with van der Waals surface area (Å²) in [6, 6.07) is 2.37. The molecule has 7 nitrogen and oxygen atoms in total. The van der Waals surface area contributed by atoms with Crippen molar-refractivity contribution in [2.24, 2.45) is 5.73 Å². The van der Waals surface area contributed by atoms with Crippen LogP contribution in [0.3, 0.4) is 0 Å². The summed E-state index contributed by atoms with van der Waals surface area (Å²) in [5, 5.41) is 10.9. The minimum Gasteiger partial charge on any atom is -0.492 e. The average Bonchev–Trinajstić information content (AvgIpc) is 2.68. The molecule has 0 heterocycles. The van der Waals surface area contributed by atoms with Gasteiger partial charge < -0.3 is 15.2 Å². The van der Waals surface area contributed by atoms with Crippen LogP contribution >= 0.6 is 34.2 Å². The highest BCUT2D eigenvalue weighted by atomic mass is 127. The molecule has 1 aromatic carbocycles. The van der Waals surface area contributed by atoms with Gasteiger partial charge in [-0.2, -0.15) is 0 Å². The molecule has 2 N–H and O–H groups in total. The van der Waals surface area contributed by atoms with Crippen molar-refractivity contribution in [1.82, 2.24) is 0 Å². The first-order chi connectivity index (χ1) is 12.9. The lowest BCUT2D eigenvalue weighted by Gasteiger charge is -2.12. The summed E-state index contributed by atoms with van der Waals surface area (Å²) in [6.45, 7) is 7.88. The van der Waals surface area contributed by atoms with E-state index in [0.29, 0.717) is 19.3 Å². The van der Waals surface area contributed by atoms with Crippen LogP contribution in [0.1, 0.15) is 43.5 Å². The van der Waals surface area contributed by atoms with Crippen LogP contribution in [0.2, 0.25) is 5.02 Å². The van der Waals surface area contributed by atoms with Crippen LogP contribution in [-0.2, 0) is 4.74 Å². The lowest BCUT2D eigenvalue weighted by atomic mass is 10.1. The van der Waals surface area contributed by atoms with E-state index in [4.69, 9.17) is 22.1 Å². The predicted molar refractivity (Wildman–Crippen MR) is 118 cm³/mol. The Balaban J connectivity index is 0. The third-order valence-electron chi connectivity index (χ3n) is 3.08. The molecule has 0 aromatic heterocycles. The Bertz CT molecular complexity index is 599. The van der Waals surface area contributed by atoms with Gasteiger partial charge in [-0.15, -0.1) is 6.58 Å². The van der Waals surface area contributed by atoms with E-state index in [1.807, 2.05) is 18.8 Å². The van der Waals surface area contributed by atoms with E-state index in [-0.39, 0.29) is 29.0 Å². The number of nitro benzene ring substituents is 1. The lowest BCUT2D eigenvalue weighted by molar-refractivity contribution is -0.384. The van der Waals surface area contributed by atoms with E-state index >= 15 is 0 Å². The molecule has 1 aromatic rings. The number of ether oxygens (including phenoxy) is 2. The standard InChI is InChI=1S/C15H19ClN2O5.C2H6.CH3I/c1-3-5-11(17)6-4-7-23-13-9-10(15(19)22-2)8-12(14(13)16)18(20)21;2*1-2/h3,8-9,11H,1,4-7,17H2,2H3;1-2H3;1H3. The number of nitrogens with zero attached hydrogens (tertiary/aromatic N) is 1. The van der Waals surface area contributed by atoms with E-state index in [9.17, 15) is 14.9 Å². The summed E-state index contributed by atoms with van der Waals surface area (Å²) >= 11 is 8.11. The van der Waals surface area contributed by atoms with Gasteiger partial charge in [0, 0.05) is 12.1 Å². The maximum absolute atomic E-state index is 11.6. The molecule has 0 bridgehead atoms. The van der Waals surface area contributed by atoms with Crippen LogP contribution in [0.5, 0.6) is 5.75 Å². The van der Waals surface area contributed by atoms with Gasteiger partial charge in [0.1, 0.15) is 5.75 Å². The number of esters is 1. The summed E-state index contributed by atoms with van der Waals surface area (Å²) < 4.78 is 10.0. The first kappa shape index (κ1) is 27.8. The largest absolute Gasteiger partial charge is 0.492 e. The van der Waals surface area contributed by atoms with Crippen molar-refractivity contribution < 1.29 is 19.2 Å². The zero-order valence-corrected chi connectivity index (χ0v) is 19.1. The van der Waals surface area contributed by atoms with Crippen LogP contribution in [0.15, 0.2) is 24.8 Å². The maximum Gasteiger partial charge on any atom is 0.338 e. The van der Waals surface area contributed by atoms with Crippen LogP contribution in [-0.4, -0.2) is 35.6 Å². The fraction of sp³-hybridized carbons (Fsp3) is 0.500. The third-order valence-corrected chi connectivity index (χ3v) is 3.46. The van der Waals surface area contributed by atoms with Crippen molar-refractivity contribution in [3.63, 3.8) is 0 Å². The highest BCUT2D eigenvalue weighted by Crippen LogP contribution is 2.35. The number of carbonyl (C=O) groups excluding carboxylic acids is 1. The average molecular weight is 515 g/mol. The smallest absolute Gasteiger partial charge is 0.338 e. The summed E-state index contributed by atoms with van der Waals surface area (Å²) in [6.07, 6.45) is 3.79. The summed E-state index contributed by atoms with van der Waals surface area (Å²) in [5.74, 6) is -0.638. The Morgan fingerprint density at radius 1 is 1.44 bits per heavy atom. The minimum absolute atomic E-state index is 0.00181. The zero-order valence-electron chi connectivity index (χ0n) is 16.2. The van der Waals surface area contributed by atoms with Gasteiger partial charge >= 0.3 is 5.97 Å². The van der Waals surface area contributed by atoms with E-state index in [2.05, 4.69) is 33.9 Å². The molecule has 0 saturated carbocycles.